The van der Waals surface area contributed by atoms with E-state index in [0.717, 1.165) is 11.3 Å². The number of fused-ring (bicyclic) bond motifs is 5. The van der Waals surface area contributed by atoms with E-state index < -0.39 is 17.3 Å². The summed E-state index contributed by atoms with van der Waals surface area (Å²) in [4.78, 5) is 54.6. The fourth-order valence-electron chi connectivity index (χ4n) is 5.96. The minimum absolute atomic E-state index is 0.0609. The number of imidazole rings is 1. The second kappa shape index (κ2) is 10.7. The number of hydrogen-bond donors (Lipinski definition) is 2. The van der Waals surface area contributed by atoms with Crippen LogP contribution in [0.4, 0.5) is 22.1 Å². The number of rotatable bonds is 3. The van der Waals surface area contributed by atoms with Crippen molar-refractivity contribution in [1.82, 2.24) is 28.8 Å². The Morgan fingerprint density at radius 3 is 2.62 bits per heavy atom. The van der Waals surface area contributed by atoms with E-state index in [-0.39, 0.29) is 29.1 Å². The molecule has 5 aromatic rings. The summed E-state index contributed by atoms with van der Waals surface area (Å²) in [5, 5.41) is 7.09. The van der Waals surface area contributed by atoms with Gasteiger partial charge in [0.1, 0.15) is 11.0 Å². The van der Waals surface area contributed by atoms with Gasteiger partial charge in [-0.2, -0.15) is 4.98 Å². The second-order valence-corrected chi connectivity index (χ2v) is 13.0. The number of anilines is 3. The molecule has 2 aromatic carbocycles. The highest BCUT2D eigenvalue weighted by atomic mass is 35.5. The van der Waals surface area contributed by atoms with E-state index in [9.17, 15) is 14.4 Å². The molecule has 1 saturated heterocycles. The normalized spacial score (nSPS) is 18.0. The molecule has 0 aliphatic carbocycles. The molecule has 2 N–H and O–H groups in total. The van der Waals surface area contributed by atoms with Crippen LogP contribution >= 0.6 is 23.2 Å². The van der Waals surface area contributed by atoms with Crippen LogP contribution in [0.15, 0.2) is 59.8 Å². The maximum Gasteiger partial charge on any atom is 0.410 e. The summed E-state index contributed by atoms with van der Waals surface area (Å²) in [6.45, 7) is 6.19. The van der Waals surface area contributed by atoms with E-state index in [1.54, 1.807) is 39.9 Å². The van der Waals surface area contributed by atoms with Crippen molar-refractivity contribution in [3.8, 4) is 5.69 Å². The molecule has 0 saturated carbocycles. The van der Waals surface area contributed by atoms with E-state index in [0.29, 0.717) is 52.4 Å². The number of carbonyl (C=O) groups excluding carboxylic acids is 2. The molecule has 45 heavy (non-hydrogen) atoms. The van der Waals surface area contributed by atoms with Crippen molar-refractivity contribution in [3.63, 3.8) is 0 Å². The molecule has 7 rings (SSSR count). The van der Waals surface area contributed by atoms with E-state index in [1.165, 1.54) is 10.8 Å². The Kier molecular flexibility index (Phi) is 6.93. The lowest BCUT2D eigenvalue weighted by Gasteiger charge is -2.24. The Morgan fingerprint density at radius 2 is 1.87 bits per heavy atom. The van der Waals surface area contributed by atoms with Gasteiger partial charge in [-0.3, -0.25) is 14.0 Å². The van der Waals surface area contributed by atoms with Crippen LogP contribution in [0.25, 0.3) is 22.5 Å². The van der Waals surface area contributed by atoms with Gasteiger partial charge < -0.3 is 20.3 Å². The molecule has 0 radical (unpaired) electrons. The second-order valence-electron chi connectivity index (χ2n) is 12.2. The molecular weight excluding hydrogens is 619 g/mol. The third-order valence-electron chi connectivity index (χ3n) is 7.94. The molecule has 3 aromatic heterocycles. The Balaban J connectivity index is 1.19. The lowest BCUT2D eigenvalue weighted by Crippen LogP contribution is -2.36. The molecule has 2 amide bonds. The number of hydrogen-bond acceptors (Lipinski definition) is 8. The quantitative estimate of drug-likeness (QED) is 0.264. The average Bonchev–Trinajstić information content (AvgIpc) is 3.61. The summed E-state index contributed by atoms with van der Waals surface area (Å²) >= 11 is 12.9. The highest BCUT2D eigenvalue weighted by molar-refractivity contribution is 6.37. The molecule has 2 aliphatic rings. The number of ether oxygens (including phenoxy) is 1. The highest BCUT2D eigenvalue weighted by Crippen LogP contribution is 2.36. The Bertz CT molecular complexity index is 2070. The first-order valence-electron chi connectivity index (χ1n) is 14.3. The zero-order valence-corrected chi connectivity index (χ0v) is 26.1. The van der Waals surface area contributed by atoms with Crippen molar-refractivity contribution < 1.29 is 14.3 Å². The summed E-state index contributed by atoms with van der Waals surface area (Å²) in [5.74, 6) is 0.0375. The van der Waals surface area contributed by atoms with Crippen LogP contribution in [-0.2, 0) is 16.0 Å². The lowest BCUT2D eigenvalue weighted by molar-refractivity contribution is -0.120. The van der Waals surface area contributed by atoms with Gasteiger partial charge in [0.05, 0.1) is 21.7 Å². The molecule has 2 atom stereocenters. The average molecular weight is 648 g/mol. The molecule has 12 nitrogen and oxygen atoms in total. The van der Waals surface area contributed by atoms with Crippen molar-refractivity contribution >= 4 is 69.3 Å². The first-order valence-corrected chi connectivity index (χ1v) is 15.1. The molecule has 2 aliphatic heterocycles. The highest BCUT2D eigenvalue weighted by Gasteiger charge is 2.42. The van der Waals surface area contributed by atoms with Gasteiger partial charge in [-0.15, -0.1) is 0 Å². The molecule has 230 valence electrons. The first-order chi connectivity index (χ1) is 21.5. The number of nitrogens with zero attached hydrogens (tertiary/aromatic N) is 6. The zero-order valence-electron chi connectivity index (χ0n) is 24.5. The summed E-state index contributed by atoms with van der Waals surface area (Å²) in [5.41, 5.74) is 1.97. The summed E-state index contributed by atoms with van der Waals surface area (Å²) < 4.78 is 8.57. The van der Waals surface area contributed by atoms with E-state index >= 15 is 0 Å². The third kappa shape index (κ3) is 5.23. The van der Waals surface area contributed by atoms with E-state index in [2.05, 4.69) is 25.6 Å². The monoisotopic (exact) mass is 646 g/mol. The van der Waals surface area contributed by atoms with E-state index in [1.807, 2.05) is 39.0 Å². The van der Waals surface area contributed by atoms with Crippen molar-refractivity contribution in [2.45, 2.75) is 32.8 Å². The standard InChI is InChI=1S/C31H28Cl2N8O4/c1-31(2,3)45-30(44)39-14-17-11-16-12-18(7-8-23(16)37-26(42)20(17)15-39)36-28-35-13-19-25(38-28)40-10-9-34-29(40)41(27(19)43)24-21(32)5-4-6-22(24)33/h4-10,12-13,17,20H,11,14-15H2,1-3H3,(H,37,42)(H,35,36,38)/t17-,20-/m1/s1. The fraction of sp³-hybridized carbons (Fsp3) is 0.290. The predicted molar refractivity (Wildman–Crippen MR) is 171 cm³/mol. The Hall–Kier alpha value is -4.68. The number of benzene rings is 2. The van der Waals surface area contributed by atoms with Gasteiger partial charge in [-0.05, 0) is 69.0 Å². The van der Waals surface area contributed by atoms with Crippen molar-refractivity contribution in [2.24, 2.45) is 11.8 Å². The van der Waals surface area contributed by atoms with Crippen LogP contribution in [0.3, 0.4) is 0 Å². The molecule has 0 bridgehead atoms. The van der Waals surface area contributed by atoms with Crippen LogP contribution in [0, 0.1) is 11.8 Å². The number of aromatic nitrogens is 5. The van der Waals surface area contributed by atoms with Crippen LogP contribution in [0.1, 0.15) is 26.3 Å². The van der Waals surface area contributed by atoms with Gasteiger partial charge in [-0.1, -0.05) is 29.3 Å². The van der Waals surface area contributed by atoms with Gasteiger partial charge >= 0.3 is 6.09 Å². The topological polar surface area (TPSA) is 136 Å². The molecule has 14 heteroatoms. The van der Waals surface area contributed by atoms with E-state index in [4.69, 9.17) is 27.9 Å². The number of halogens is 2. The zero-order chi connectivity index (χ0) is 31.6. The number of para-hydroxylation sites is 1. The SMILES string of the molecule is CC(C)(C)OC(=O)N1C[C@H]2Cc3cc(Nc4ncc5c(=O)n(-c6c(Cl)cccc6Cl)c6nccn6c5n4)ccc3NC(=O)[C@@H]2C1. The van der Waals surface area contributed by atoms with Crippen molar-refractivity contribution in [3.05, 3.63) is 81.0 Å². The Labute approximate surface area is 267 Å². The maximum atomic E-state index is 13.7. The largest absolute Gasteiger partial charge is 0.444 e. The minimum Gasteiger partial charge on any atom is -0.444 e. The van der Waals surface area contributed by atoms with Crippen LogP contribution in [0.5, 0.6) is 0 Å². The predicted octanol–water partition coefficient (Wildman–Crippen LogP) is 5.46. The summed E-state index contributed by atoms with van der Waals surface area (Å²) in [6, 6.07) is 10.6. The fourth-order valence-corrected chi connectivity index (χ4v) is 6.53. The van der Waals surface area contributed by atoms with Gasteiger partial charge in [-0.25, -0.2) is 19.3 Å². The van der Waals surface area contributed by atoms with Gasteiger partial charge in [0.15, 0.2) is 5.65 Å². The molecule has 1 fully saturated rings. The van der Waals surface area contributed by atoms with Crippen LogP contribution in [0.2, 0.25) is 10.0 Å². The molecular formula is C31H28Cl2N8O4. The molecule has 5 heterocycles. The first kappa shape index (κ1) is 29.1. The molecule has 0 spiro atoms. The van der Waals surface area contributed by atoms with Crippen LogP contribution < -0.4 is 16.2 Å². The van der Waals surface area contributed by atoms with Gasteiger partial charge in [0, 0.05) is 43.1 Å². The lowest BCUT2D eigenvalue weighted by atomic mass is 9.90. The smallest absolute Gasteiger partial charge is 0.410 e. The minimum atomic E-state index is -0.620. The maximum absolute atomic E-state index is 13.7. The van der Waals surface area contributed by atoms with Gasteiger partial charge in [0.2, 0.25) is 17.6 Å². The van der Waals surface area contributed by atoms with Crippen molar-refractivity contribution in [1.29, 1.82) is 0 Å². The number of likely N-dealkylation sites (tertiary alicyclic amines) is 1. The summed E-state index contributed by atoms with van der Waals surface area (Å²) in [6.07, 6.45) is 4.88. The Morgan fingerprint density at radius 1 is 1.09 bits per heavy atom. The number of carbonyl (C=O) groups is 2. The number of amides is 2. The third-order valence-corrected chi connectivity index (χ3v) is 8.55. The number of nitrogens with one attached hydrogen (secondary N) is 2. The molecule has 0 unspecified atom stereocenters. The van der Waals surface area contributed by atoms with Crippen molar-refractivity contribution in [2.75, 3.05) is 23.7 Å². The van der Waals surface area contributed by atoms with Crippen LogP contribution in [-0.4, -0.2) is 59.5 Å². The summed E-state index contributed by atoms with van der Waals surface area (Å²) in [7, 11) is 0. The van der Waals surface area contributed by atoms with Gasteiger partial charge in [0.25, 0.3) is 5.56 Å².